The maximum Gasteiger partial charge on any atom is 0.264 e. The van der Waals surface area contributed by atoms with Gasteiger partial charge in [-0.15, -0.1) is 0 Å². The number of aromatic nitrogens is 3. The fraction of sp³-hybridized carbons (Fsp3) is 0.316. The van der Waals surface area contributed by atoms with Crippen LogP contribution in [0.5, 0.6) is 0 Å². The van der Waals surface area contributed by atoms with Crippen molar-refractivity contribution in [3.05, 3.63) is 58.5 Å². The van der Waals surface area contributed by atoms with Crippen LogP contribution in [0.2, 0.25) is 0 Å². The monoisotopic (exact) mass is 351 g/mol. The first kappa shape index (κ1) is 16.4. The number of anilines is 1. The van der Waals surface area contributed by atoms with Gasteiger partial charge >= 0.3 is 0 Å². The van der Waals surface area contributed by atoms with Crippen LogP contribution in [0.15, 0.2) is 47.4 Å². The van der Waals surface area contributed by atoms with E-state index in [4.69, 9.17) is 0 Å². The number of piperidine rings is 1. The Kier molecular flexibility index (Phi) is 4.43. The van der Waals surface area contributed by atoms with Gasteiger partial charge in [0.15, 0.2) is 0 Å². The molecule has 7 heteroatoms. The summed E-state index contributed by atoms with van der Waals surface area (Å²) >= 11 is 0. The second kappa shape index (κ2) is 7.03. The Balaban J connectivity index is 1.45. The molecule has 1 aromatic carbocycles. The van der Waals surface area contributed by atoms with Gasteiger partial charge in [-0.1, -0.05) is 6.07 Å². The van der Waals surface area contributed by atoms with Crippen LogP contribution >= 0.6 is 0 Å². The van der Waals surface area contributed by atoms with Crippen molar-refractivity contribution in [2.75, 3.05) is 18.0 Å². The minimum atomic E-state index is -0.213. The topological polar surface area (TPSA) is 93.9 Å². The smallest absolute Gasteiger partial charge is 0.264 e. The molecule has 1 atom stereocenters. The number of carbonyl (C=O) groups is 1. The van der Waals surface area contributed by atoms with Gasteiger partial charge in [-0.25, -0.2) is 5.10 Å². The van der Waals surface area contributed by atoms with Crippen molar-refractivity contribution in [3.63, 3.8) is 0 Å². The van der Waals surface area contributed by atoms with Gasteiger partial charge in [0, 0.05) is 42.5 Å². The number of hydrogen-bond donors (Lipinski definition) is 3. The van der Waals surface area contributed by atoms with Crippen LogP contribution in [0.1, 0.15) is 29.6 Å². The van der Waals surface area contributed by atoms with Crippen molar-refractivity contribution in [3.8, 4) is 0 Å². The Hall–Kier alpha value is -3.09. The molecule has 1 aliphatic heterocycles. The highest BCUT2D eigenvalue weighted by atomic mass is 16.1. The van der Waals surface area contributed by atoms with Crippen LogP contribution in [-0.4, -0.2) is 40.2 Å². The van der Waals surface area contributed by atoms with E-state index in [-0.39, 0.29) is 17.5 Å². The highest BCUT2D eigenvalue weighted by molar-refractivity contribution is 5.97. The molecule has 0 saturated carbocycles. The summed E-state index contributed by atoms with van der Waals surface area (Å²) in [6, 6.07) is 11.0. The standard InChI is InChI=1S/C19H21N5O2/c25-18-7-6-17(22-23-18)24-10-2-1-3-15(24)12-21-19(26)14-5-4-13-8-9-20-16(13)11-14/h4-9,11,15,20H,1-3,10,12H2,(H,21,26)(H,23,25). The van der Waals surface area contributed by atoms with Gasteiger partial charge in [-0.2, -0.15) is 5.10 Å². The Morgan fingerprint density at radius 2 is 2.15 bits per heavy atom. The predicted octanol–water partition coefficient (Wildman–Crippen LogP) is 2.04. The minimum absolute atomic E-state index is 0.0820. The van der Waals surface area contributed by atoms with Gasteiger partial charge in [0.25, 0.3) is 11.5 Å². The zero-order chi connectivity index (χ0) is 17.9. The maximum absolute atomic E-state index is 12.5. The summed E-state index contributed by atoms with van der Waals surface area (Å²) in [7, 11) is 0. The fourth-order valence-corrected chi connectivity index (χ4v) is 3.51. The Morgan fingerprint density at radius 1 is 1.23 bits per heavy atom. The van der Waals surface area contributed by atoms with Crippen molar-refractivity contribution in [2.45, 2.75) is 25.3 Å². The SMILES string of the molecule is O=C(NCC1CCCCN1c1ccc(=O)[nH]n1)c1ccc2cc[nH]c2c1. The molecule has 134 valence electrons. The number of benzene rings is 1. The van der Waals surface area contributed by atoms with Crippen molar-refractivity contribution in [2.24, 2.45) is 0 Å². The number of carbonyl (C=O) groups excluding carboxylic acids is 1. The van der Waals surface area contributed by atoms with Crippen LogP contribution in [0, 0.1) is 0 Å². The van der Waals surface area contributed by atoms with E-state index in [9.17, 15) is 9.59 Å². The molecule has 0 bridgehead atoms. The molecule has 2 aromatic heterocycles. The van der Waals surface area contributed by atoms with Crippen LogP contribution in [0.3, 0.4) is 0 Å². The summed E-state index contributed by atoms with van der Waals surface area (Å²) in [6.45, 7) is 1.41. The molecule has 1 unspecified atom stereocenters. The molecule has 1 amide bonds. The molecule has 1 saturated heterocycles. The van der Waals surface area contributed by atoms with E-state index in [1.165, 1.54) is 6.07 Å². The van der Waals surface area contributed by atoms with E-state index in [1.54, 1.807) is 6.07 Å². The third-order valence-corrected chi connectivity index (χ3v) is 4.90. The van der Waals surface area contributed by atoms with Gasteiger partial charge in [0.2, 0.25) is 0 Å². The van der Waals surface area contributed by atoms with Gasteiger partial charge in [0.05, 0.1) is 0 Å². The van der Waals surface area contributed by atoms with Gasteiger partial charge in [-0.3, -0.25) is 9.59 Å². The lowest BCUT2D eigenvalue weighted by atomic mass is 10.0. The zero-order valence-corrected chi connectivity index (χ0v) is 14.4. The van der Waals surface area contributed by atoms with E-state index in [0.717, 1.165) is 42.5 Å². The second-order valence-electron chi connectivity index (χ2n) is 6.61. The number of H-pyrrole nitrogens is 2. The molecule has 3 heterocycles. The Morgan fingerprint density at radius 3 is 3.00 bits per heavy atom. The molecule has 26 heavy (non-hydrogen) atoms. The fourth-order valence-electron chi connectivity index (χ4n) is 3.51. The third-order valence-electron chi connectivity index (χ3n) is 4.90. The van der Waals surface area contributed by atoms with Crippen LogP contribution in [0.25, 0.3) is 10.9 Å². The lowest BCUT2D eigenvalue weighted by molar-refractivity contribution is 0.0949. The van der Waals surface area contributed by atoms with Gasteiger partial charge < -0.3 is 15.2 Å². The molecule has 3 N–H and O–H groups in total. The average Bonchev–Trinajstić information content (AvgIpc) is 3.15. The van der Waals surface area contributed by atoms with Crippen molar-refractivity contribution >= 4 is 22.6 Å². The molecule has 3 aromatic rings. The summed E-state index contributed by atoms with van der Waals surface area (Å²) in [5.41, 5.74) is 1.38. The first-order valence-electron chi connectivity index (χ1n) is 8.88. The van der Waals surface area contributed by atoms with E-state index < -0.39 is 0 Å². The first-order valence-corrected chi connectivity index (χ1v) is 8.88. The minimum Gasteiger partial charge on any atom is -0.361 e. The normalized spacial score (nSPS) is 17.4. The number of fused-ring (bicyclic) bond motifs is 1. The summed E-state index contributed by atoms with van der Waals surface area (Å²) in [5.74, 6) is 0.665. The van der Waals surface area contributed by atoms with E-state index >= 15 is 0 Å². The molecule has 1 aliphatic rings. The Labute approximate surface area is 150 Å². The highest BCUT2D eigenvalue weighted by Gasteiger charge is 2.24. The number of nitrogens with one attached hydrogen (secondary N) is 3. The number of rotatable bonds is 4. The summed E-state index contributed by atoms with van der Waals surface area (Å²) in [4.78, 5) is 29.1. The molecule has 4 rings (SSSR count). The Bertz CT molecular complexity index is 957. The number of hydrogen-bond acceptors (Lipinski definition) is 4. The van der Waals surface area contributed by atoms with Crippen LogP contribution in [0.4, 0.5) is 5.82 Å². The predicted molar refractivity (Wildman–Crippen MR) is 100 cm³/mol. The van der Waals surface area contributed by atoms with Crippen molar-refractivity contribution in [1.82, 2.24) is 20.5 Å². The van der Waals surface area contributed by atoms with Crippen molar-refractivity contribution in [1.29, 1.82) is 0 Å². The summed E-state index contributed by atoms with van der Waals surface area (Å²) in [6.07, 6.45) is 5.05. The van der Waals surface area contributed by atoms with Crippen molar-refractivity contribution < 1.29 is 4.79 Å². The molecule has 0 spiro atoms. The highest BCUT2D eigenvalue weighted by Crippen LogP contribution is 2.22. The lowest BCUT2D eigenvalue weighted by Gasteiger charge is -2.36. The summed E-state index contributed by atoms with van der Waals surface area (Å²) < 4.78 is 0. The molecule has 7 nitrogen and oxygen atoms in total. The summed E-state index contributed by atoms with van der Waals surface area (Å²) in [5, 5.41) is 10.8. The second-order valence-corrected chi connectivity index (χ2v) is 6.61. The largest absolute Gasteiger partial charge is 0.361 e. The number of aromatic amines is 2. The van der Waals surface area contributed by atoms with Crippen LogP contribution in [-0.2, 0) is 0 Å². The lowest BCUT2D eigenvalue weighted by Crippen LogP contribution is -2.47. The van der Waals surface area contributed by atoms with Gasteiger partial charge in [-0.05, 0) is 48.9 Å². The zero-order valence-electron chi connectivity index (χ0n) is 14.4. The quantitative estimate of drug-likeness (QED) is 0.670. The first-order chi connectivity index (χ1) is 12.7. The molecular formula is C19H21N5O2. The number of amides is 1. The molecule has 0 radical (unpaired) electrons. The van der Waals surface area contributed by atoms with E-state index in [0.29, 0.717) is 12.1 Å². The van der Waals surface area contributed by atoms with Crippen LogP contribution < -0.4 is 15.8 Å². The average molecular weight is 351 g/mol. The van der Waals surface area contributed by atoms with E-state index in [1.807, 2.05) is 30.5 Å². The maximum atomic E-state index is 12.5. The molecular weight excluding hydrogens is 330 g/mol. The van der Waals surface area contributed by atoms with Gasteiger partial charge in [0.1, 0.15) is 5.82 Å². The number of nitrogens with zero attached hydrogens (tertiary/aromatic N) is 2. The van der Waals surface area contributed by atoms with E-state index in [2.05, 4.69) is 25.4 Å². The molecule has 0 aliphatic carbocycles. The third kappa shape index (κ3) is 3.33. The molecule has 1 fully saturated rings.